The predicted octanol–water partition coefficient (Wildman–Crippen LogP) is 1.95. The Hall–Kier alpha value is -1.07. The maximum atomic E-state index is 11.4. The summed E-state index contributed by atoms with van der Waals surface area (Å²) in [6, 6.07) is 8.05. The van der Waals surface area contributed by atoms with Gasteiger partial charge in [-0.25, -0.2) is 8.42 Å². The number of rotatable bonds is 6. The predicted molar refractivity (Wildman–Crippen MR) is 80.7 cm³/mol. The van der Waals surface area contributed by atoms with E-state index in [0.717, 1.165) is 31.7 Å². The van der Waals surface area contributed by atoms with Crippen molar-refractivity contribution in [2.75, 3.05) is 32.2 Å². The molecule has 1 unspecified atom stereocenters. The smallest absolute Gasteiger partial charge is 0.150 e. The van der Waals surface area contributed by atoms with Crippen molar-refractivity contribution in [1.82, 2.24) is 4.90 Å². The van der Waals surface area contributed by atoms with E-state index in [2.05, 4.69) is 18.0 Å². The quantitative estimate of drug-likeness (QED) is 0.805. The lowest BCUT2D eigenvalue weighted by Crippen LogP contribution is -2.21. The van der Waals surface area contributed by atoms with Gasteiger partial charge in [0.15, 0.2) is 9.84 Å². The van der Waals surface area contributed by atoms with Gasteiger partial charge in [0.2, 0.25) is 0 Å². The topological polar surface area (TPSA) is 46.6 Å². The number of ether oxygens (including phenoxy) is 1. The first-order valence-electron chi connectivity index (χ1n) is 7.00. The van der Waals surface area contributed by atoms with Crippen molar-refractivity contribution in [3.05, 3.63) is 29.8 Å². The van der Waals surface area contributed by atoms with E-state index < -0.39 is 9.84 Å². The van der Waals surface area contributed by atoms with Crippen LogP contribution in [-0.2, 0) is 16.4 Å². The molecule has 0 saturated carbocycles. The Bertz CT molecular complexity index is 542. The summed E-state index contributed by atoms with van der Waals surface area (Å²) in [6.07, 6.45) is 1.79. The van der Waals surface area contributed by atoms with Gasteiger partial charge in [-0.1, -0.05) is 12.1 Å². The summed E-state index contributed by atoms with van der Waals surface area (Å²) in [7, 11) is 0.996. The molecule has 0 aromatic heterocycles. The van der Waals surface area contributed by atoms with Crippen molar-refractivity contribution in [2.45, 2.75) is 19.4 Å². The molecular weight excluding hydrogens is 274 g/mol. The normalized spacial score (nSPS) is 21.2. The van der Waals surface area contributed by atoms with Gasteiger partial charge in [-0.15, -0.1) is 0 Å². The molecule has 1 saturated heterocycles. The molecule has 4 nitrogen and oxygen atoms in total. The van der Waals surface area contributed by atoms with Crippen LogP contribution in [0.5, 0.6) is 5.75 Å². The van der Waals surface area contributed by atoms with Crippen LogP contribution in [0.2, 0.25) is 0 Å². The molecule has 1 aliphatic rings. The van der Waals surface area contributed by atoms with Crippen LogP contribution in [0.25, 0.3) is 0 Å². The van der Waals surface area contributed by atoms with Crippen LogP contribution in [0.1, 0.15) is 18.4 Å². The van der Waals surface area contributed by atoms with Crippen LogP contribution in [0, 0.1) is 5.92 Å². The Labute approximate surface area is 121 Å². The first-order valence-corrected chi connectivity index (χ1v) is 8.82. The highest BCUT2D eigenvalue weighted by atomic mass is 32.2. The van der Waals surface area contributed by atoms with Gasteiger partial charge >= 0.3 is 0 Å². The van der Waals surface area contributed by atoms with E-state index in [4.69, 9.17) is 4.74 Å². The summed E-state index contributed by atoms with van der Waals surface area (Å²) in [6.45, 7) is 1.79. The Morgan fingerprint density at radius 2 is 2.20 bits per heavy atom. The fourth-order valence-corrected chi connectivity index (χ4v) is 4.57. The van der Waals surface area contributed by atoms with Crippen LogP contribution in [0.15, 0.2) is 24.3 Å². The molecule has 1 atom stereocenters. The maximum Gasteiger partial charge on any atom is 0.150 e. The minimum atomic E-state index is -2.75. The zero-order valence-electron chi connectivity index (χ0n) is 12.2. The number of nitrogens with zero attached hydrogens (tertiary/aromatic N) is 1. The SMILES string of the molecule is COc1cccc(CN(C)CCC2CCS(=O)(=O)C2)c1. The highest BCUT2D eigenvalue weighted by Gasteiger charge is 2.27. The van der Waals surface area contributed by atoms with Crippen LogP contribution in [0.3, 0.4) is 0 Å². The molecule has 2 rings (SSSR count). The van der Waals surface area contributed by atoms with Gasteiger partial charge in [-0.05, 0) is 50.0 Å². The first kappa shape index (κ1) is 15.3. The zero-order chi connectivity index (χ0) is 14.6. The van der Waals surface area contributed by atoms with Gasteiger partial charge in [0, 0.05) is 6.54 Å². The third-order valence-electron chi connectivity index (χ3n) is 3.83. The van der Waals surface area contributed by atoms with Gasteiger partial charge in [-0.3, -0.25) is 0 Å². The lowest BCUT2D eigenvalue weighted by atomic mass is 10.1. The second-order valence-corrected chi connectivity index (χ2v) is 7.88. The van der Waals surface area contributed by atoms with Gasteiger partial charge in [0.05, 0.1) is 18.6 Å². The first-order chi connectivity index (χ1) is 9.48. The molecule has 1 fully saturated rings. The molecule has 0 spiro atoms. The molecule has 0 N–H and O–H groups in total. The number of hydrogen-bond acceptors (Lipinski definition) is 4. The van der Waals surface area contributed by atoms with Crippen LogP contribution >= 0.6 is 0 Å². The average Bonchev–Trinajstić information content (AvgIpc) is 2.76. The van der Waals surface area contributed by atoms with Crippen molar-refractivity contribution < 1.29 is 13.2 Å². The monoisotopic (exact) mass is 297 g/mol. The molecule has 1 aromatic rings. The third-order valence-corrected chi connectivity index (χ3v) is 5.67. The van der Waals surface area contributed by atoms with Gasteiger partial charge < -0.3 is 9.64 Å². The maximum absolute atomic E-state index is 11.4. The Kier molecular flexibility index (Phi) is 5.05. The lowest BCUT2D eigenvalue weighted by Gasteiger charge is -2.18. The van der Waals surface area contributed by atoms with E-state index in [0.29, 0.717) is 17.4 Å². The largest absolute Gasteiger partial charge is 0.497 e. The van der Waals surface area contributed by atoms with Crippen molar-refractivity contribution in [3.63, 3.8) is 0 Å². The van der Waals surface area contributed by atoms with Crippen LogP contribution in [-0.4, -0.2) is 45.5 Å². The molecular formula is C15H23NO3S. The third kappa shape index (κ3) is 4.49. The Morgan fingerprint density at radius 3 is 2.85 bits per heavy atom. The molecule has 1 aromatic carbocycles. The summed E-state index contributed by atoms with van der Waals surface area (Å²) in [4.78, 5) is 2.24. The fourth-order valence-electron chi connectivity index (χ4n) is 2.66. The highest BCUT2D eigenvalue weighted by molar-refractivity contribution is 7.91. The molecule has 112 valence electrons. The second kappa shape index (κ2) is 6.59. The highest BCUT2D eigenvalue weighted by Crippen LogP contribution is 2.22. The molecule has 1 heterocycles. The van der Waals surface area contributed by atoms with E-state index in [9.17, 15) is 8.42 Å². The van der Waals surface area contributed by atoms with Crippen molar-refractivity contribution >= 4 is 9.84 Å². The van der Waals surface area contributed by atoms with Gasteiger partial charge in [0.25, 0.3) is 0 Å². The van der Waals surface area contributed by atoms with Crippen molar-refractivity contribution in [3.8, 4) is 5.75 Å². The van der Waals surface area contributed by atoms with E-state index >= 15 is 0 Å². The zero-order valence-corrected chi connectivity index (χ0v) is 13.0. The van der Waals surface area contributed by atoms with E-state index in [1.807, 2.05) is 18.2 Å². The fraction of sp³-hybridized carbons (Fsp3) is 0.600. The minimum absolute atomic E-state index is 0.341. The van der Waals surface area contributed by atoms with Crippen LogP contribution < -0.4 is 4.74 Å². The molecule has 1 aliphatic heterocycles. The number of benzene rings is 1. The summed E-state index contributed by atoms with van der Waals surface area (Å²) >= 11 is 0. The lowest BCUT2D eigenvalue weighted by molar-refractivity contribution is 0.299. The molecule has 20 heavy (non-hydrogen) atoms. The molecule has 5 heteroatoms. The van der Waals surface area contributed by atoms with Crippen LogP contribution in [0.4, 0.5) is 0 Å². The standard InChI is InChI=1S/C15H23NO3S/c1-16(8-6-13-7-9-20(17,18)12-13)11-14-4-3-5-15(10-14)19-2/h3-5,10,13H,6-9,11-12H2,1-2H3. The average molecular weight is 297 g/mol. The summed E-state index contributed by atoms with van der Waals surface area (Å²) in [5.74, 6) is 1.96. The van der Waals surface area contributed by atoms with E-state index in [1.165, 1.54) is 5.56 Å². The molecule has 0 aliphatic carbocycles. The minimum Gasteiger partial charge on any atom is -0.497 e. The van der Waals surface area contributed by atoms with Gasteiger partial charge in [0.1, 0.15) is 5.75 Å². The Balaban J connectivity index is 1.79. The summed E-state index contributed by atoms with van der Waals surface area (Å²) in [5.41, 5.74) is 1.21. The second-order valence-electron chi connectivity index (χ2n) is 5.65. The Morgan fingerprint density at radius 1 is 1.40 bits per heavy atom. The summed E-state index contributed by atoms with van der Waals surface area (Å²) in [5, 5.41) is 0. The number of methoxy groups -OCH3 is 1. The molecule has 0 amide bonds. The molecule has 0 radical (unpaired) electrons. The van der Waals surface area contributed by atoms with E-state index in [1.54, 1.807) is 7.11 Å². The summed E-state index contributed by atoms with van der Waals surface area (Å²) < 4.78 is 28.1. The number of sulfone groups is 1. The van der Waals surface area contributed by atoms with Crippen molar-refractivity contribution in [1.29, 1.82) is 0 Å². The van der Waals surface area contributed by atoms with Crippen molar-refractivity contribution in [2.24, 2.45) is 5.92 Å². The van der Waals surface area contributed by atoms with E-state index in [-0.39, 0.29) is 0 Å². The molecule has 0 bridgehead atoms. The number of hydrogen-bond donors (Lipinski definition) is 0. The van der Waals surface area contributed by atoms with Gasteiger partial charge in [-0.2, -0.15) is 0 Å².